The van der Waals surface area contributed by atoms with E-state index in [2.05, 4.69) is 21.8 Å². The number of benzene rings is 1. The fourth-order valence-corrected chi connectivity index (χ4v) is 3.07. The molecular weight excluding hydrogens is 326 g/mol. The summed E-state index contributed by atoms with van der Waals surface area (Å²) in [4.78, 5) is 27.8. The molecule has 0 radical (unpaired) electrons. The van der Waals surface area contributed by atoms with Crippen LogP contribution >= 0.6 is 11.8 Å². The Morgan fingerprint density at radius 1 is 1.25 bits per heavy atom. The molecule has 0 saturated heterocycles. The van der Waals surface area contributed by atoms with Crippen LogP contribution < -0.4 is 5.32 Å². The maximum Gasteiger partial charge on any atom is 0.316 e. The lowest BCUT2D eigenvalue weighted by Gasteiger charge is -2.07. The molecule has 0 saturated carbocycles. The zero-order valence-electron chi connectivity index (χ0n) is 14.1. The molecule has 1 N–H and O–H groups in total. The average molecular weight is 349 g/mol. The molecule has 130 valence electrons. The molecule has 1 amide bonds. The molecule has 6 nitrogen and oxygen atoms in total. The van der Waals surface area contributed by atoms with Gasteiger partial charge in [0.05, 0.1) is 16.8 Å². The Hall–Kier alpha value is -2.02. The van der Waals surface area contributed by atoms with Gasteiger partial charge in [0.1, 0.15) is 0 Å². The van der Waals surface area contributed by atoms with Crippen LogP contribution in [0.1, 0.15) is 26.7 Å². The van der Waals surface area contributed by atoms with Gasteiger partial charge in [-0.05, 0) is 25.0 Å². The van der Waals surface area contributed by atoms with Gasteiger partial charge in [0, 0.05) is 13.1 Å². The van der Waals surface area contributed by atoms with E-state index in [1.807, 2.05) is 31.2 Å². The second kappa shape index (κ2) is 9.32. The third-order valence-corrected chi connectivity index (χ3v) is 4.27. The molecule has 7 heteroatoms. The summed E-state index contributed by atoms with van der Waals surface area (Å²) < 4.78 is 7.10. The molecule has 2 aromatic rings. The lowest BCUT2D eigenvalue weighted by atomic mass is 10.3. The van der Waals surface area contributed by atoms with Gasteiger partial charge in [-0.2, -0.15) is 0 Å². The number of hydrogen-bond acceptors (Lipinski definition) is 5. The highest BCUT2D eigenvalue weighted by molar-refractivity contribution is 7.99. The van der Waals surface area contributed by atoms with Crippen LogP contribution in [-0.4, -0.2) is 40.3 Å². The van der Waals surface area contributed by atoms with Crippen LogP contribution in [0.3, 0.4) is 0 Å². The van der Waals surface area contributed by atoms with E-state index in [0.717, 1.165) is 35.6 Å². The molecule has 0 aliphatic carbocycles. The van der Waals surface area contributed by atoms with Crippen molar-refractivity contribution in [2.24, 2.45) is 0 Å². The van der Waals surface area contributed by atoms with E-state index in [-0.39, 0.29) is 18.3 Å². The minimum Gasteiger partial charge on any atom is -0.455 e. The molecule has 0 bridgehead atoms. The number of para-hydroxylation sites is 2. The Bertz CT molecular complexity index is 699. The van der Waals surface area contributed by atoms with Gasteiger partial charge >= 0.3 is 5.97 Å². The number of nitrogens with zero attached hydrogens (tertiary/aromatic N) is 2. The van der Waals surface area contributed by atoms with E-state index in [9.17, 15) is 9.59 Å². The summed E-state index contributed by atoms with van der Waals surface area (Å²) in [6.45, 7) is 5.27. The number of aromatic nitrogens is 2. The van der Waals surface area contributed by atoms with E-state index in [1.165, 1.54) is 11.8 Å². The number of esters is 1. The largest absolute Gasteiger partial charge is 0.455 e. The van der Waals surface area contributed by atoms with E-state index < -0.39 is 5.97 Å². The molecule has 0 atom stereocenters. The third kappa shape index (κ3) is 4.99. The standard InChI is InChI=1S/C17H23N3O3S/c1-3-9-18-15(21)11-23-16(22)12-24-17-19-13-7-5-6-8-14(13)20(17)10-4-2/h5-8H,3-4,9-12H2,1-2H3,(H,18,21). The summed E-state index contributed by atoms with van der Waals surface area (Å²) in [6, 6.07) is 7.91. The number of carbonyl (C=O) groups is 2. The summed E-state index contributed by atoms with van der Waals surface area (Å²) >= 11 is 1.34. The quantitative estimate of drug-likeness (QED) is 0.556. The zero-order valence-corrected chi connectivity index (χ0v) is 14.9. The van der Waals surface area contributed by atoms with Gasteiger partial charge in [0.15, 0.2) is 11.8 Å². The van der Waals surface area contributed by atoms with Crippen LogP contribution in [0.25, 0.3) is 11.0 Å². The molecule has 0 aliphatic rings. The van der Waals surface area contributed by atoms with Crippen LogP contribution in [-0.2, 0) is 20.9 Å². The summed E-state index contributed by atoms with van der Waals surface area (Å²) in [5, 5.41) is 3.46. The summed E-state index contributed by atoms with van der Waals surface area (Å²) in [6.07, 6.45) is 1.83. The van der Waals surface area contributed by atoms with Gasteiger partial charge in [0.25, 0.3) is 5.91 Å². The average Bonchev–Trinajstić information content (AvgIpc) is 2.94. The number of rotatable bonds is 9. The van der Waals surface area contributed by atoms with Crippen LogP contribution in [0.2, 0.25) is 0 Å². The highest BCUT2D eigenvalue weighted by Crippen LogP contribution is 2.24. The number of amides is 1. The number of aryl methyl sites for hydroxylation is 1. The van der Waals surface area contributed by atoms with Gasteiger partial charge < -0.3 is 14.6 Å². The van der Waals surface area contributed by atoms with Gasteiger partial charge in [-0.25, -0.2) is 4.98 Å². The van der Waals surface area contributed by atoms with Crippen molar-refractivity contribution in [3.05, 3.63) is 24.3 Å². The summed E-state index contributed by atoms with van der Waals surface area (Å²) in [7, 11) is 0. The molecule has 1 aromatic heterocycles. The molecule has 0 spiro atoms. The first-order valence-electron chi connectivity index (χ1n) is 8.16. The maximum absolute atomic E-state index is 11.8. The molecule has 0 aliphatic heterocycles. The van der Waals surface area contributed by atoms with Crippen molar-refractivity contribution in [1.82, 2.24) is 14.9 Å². The zero-order chi connectivity index (χ0) is 17.4. The smallest absolute Gasteiger partial charge is 0.316 e. The van der Waals surface area contributed by atoms with E-state index in [0.29, 0.717) is 6.54 Å². The lowest BCUT2D eigenvalue weighted by Crippen LogP contribution is -2.29. The second-order valence-electron chi connectivity index (χ2n) is 5.33. The summed E-state index contributed by atoms with van der Waals surface area (Å²) in [5.74, 6) is -0.552. The molecule has 1 aromatic carbocycles. The first kappa shape index (κ1) is 18.3. The predicted molar refractivity (Wildman–Crippen MR) is 95.0 cm³/mol. The van der Waals surface area contributed by atoms with Gasteiger partial charge in [-0.1, -0.05) is 37.7 Å². The molecule has 2 rings (SSSR count). The Morgan fingerprint density at radius 3 is 2.79 bits per heavy atom. The monoisotopic (exact) mass is 349 g/mol. The van der Waals surface area contributed by atoms with Crippen molar-refractivity contribution in [2.75, 3.05) is 18.9 Å². The van der Waals surface area contributed by atoms with Crippen molar-refractivity contribution in [1.29, 1.82) is 0 Å². The molecule has 0 fully saturated rings. The van der Waals surface area contributed by atoms with Gasteiger partial charge in [-0.3, -0.25) is 9.59 Å². The van der Waals surface area contributed by atoms with Crippen molar-refractivity contribution in [3.63, 3.8) is 0 Å². The van der Waals surface area contributed by atoms with Crippen molar-refractivity contribution < 1.29 is 14.3 Å². The van der Waals surface area contributed by atoms with Crippen LogP contribution in [0, 0.1) is 0 Å². The van der Waals surface area contributed by atoms with E-state index in [4.69, 9.17) is 4.74 Å². The van der Waals surface area contributed by atoms with Crippen molar-refractivity contribution >= 4 is 34.7 Å². The topological polar surface area (TPSA) is 73.2 Å². The van der Waals surface area contributed by atoms with Gasteiger partial charge in [0.2, 0.25) is 0 Å². The Balaban J connectivity index is 1.91. The highest BCUT2D eigenvalue weighted by atomic mass is 32.2. The first-order valence-corrected chi connectivity index (χ1v) is 9.14. The second-order valence-corrected chi connectivity index (χ2v) is 6.28. The van der Waals surface area contributed by atoms with Crippen LogP contribution in [0.15, 0.2) is 29.4 Å². The summed E-state index contributed by atoms with van der Waals surface area (Å²) in [5.41, 5.74) is 1.98. The van der Waals surface area contributed by atoms with E-state index >= 15 is 0 Å². The van der Waals surface area contributed by atoms with Gasteiger partial charge in [-0.15, -0.1) is 0 Å². The number of fused-ring (bicyclic) bond motifs is 1. The van der Waals surface area contributed by atoms with Crippen molar-refractivity contribution in [2.45, 2.75) is 38.4 Å². The first-order chi connectivity index (χ1) is 11.7. The number of carbonyl (C=O) groups excluding carboxylic acids is 2. The normalized spacial score (nSPS) is 10.8. The van der Waals surface area contributed by atoms with Crippen molar-refractivity contribution in [3.8, 4) is 0 Å². The maximum atomic E-state index is 11.8. The SMILES string of the molecule is CCCNC(=O)COC(=O)CSc1nc2ccccc2n1CCC. The third-order valence-electron chi connectivity index (χ3n) is 3.32. The predicted octanol–water partition coefficient (Wildman–Crippen LogP) is 2.61. The lowest BCUT2D eigenvalue weighted by molar-refractivity contribution is -0.145. The Labute approximate surface area is 146 Å². The molecular formula is C17H23N3O3S. The minimum absolute atomic E-state index is 0.133. The highest BCUT2D eigenvalue weighted by Gasteiger charge is 2.13. The van der Waals surface area contributed by atoms with E-state index in [1.54, 1.807) is 0 Å². The molecule has 24 heavy (non-hydrogen) atoms. The molecule has 1 heterocycles. The number of nitrogens with one attached hydrogen (secondary N) is 1. The Kier molecular flexibility index (Phi) is 7.11. The number of hydrogen-bond donors (Lipinski definition) is 1. The number of ether oxygens (including phenoxy) is 1. The Morgan fingerprint density at radius 2 is 2.04 bits per heavy atom. The number of imidazole rings is 1. The minimum atomic E-state index is -0.415. The fourth-order valence-electron chi connectivity index (χ4n) is 2.23. The number of thioether (sulfide) groups is 1. The molecule has 0 unspecified atom stereocenters. The van der Waals surface area contributed by atoms with Crippen LogP contribution in [0.4, 0.5) is 0 Å². The van der Waals surface area contributed by atoms with Crippen LogP contribution in [0.5, 0.6) is 0 Å². The fraction of sp³-hybridized carbons (Fsp3) is 0.471.